The number of ether oxygens (including phenoxy) is 1. The Balaban J connectivity index is 1.44. The first kappa shape index (κ1) is 15.1. The highest BCUT2D eigenvalue weighted by Gasteiger charge is 2.32. The summed E-state index contributed by atoms with van der Waals surface area (Å²) in [6.07, 6.45) is 6.31. The van der Waals surface area contributed by atoms with Crippen molar-refractivity contribution in [1.29, 1.82) is 0 Å². The van der Waals surface area contributed by atoms with Gasteiger partial charge < -0.3 is 15.4 Å². The maximum atomic E-state index is 12.3. The van der Waals surface area contributed by atoms with E-state index in [-0.39, 0.29) is 18.2 Å². The second-order valence-electron chi connectivity index (χ2n) is 5.66. The number of benzene rings is 1. The van der Waals surface area contributed by atoms with Crippen LogP contribution in [0, 0.1) is 0 Å². The Hall–Kier alpha value is -3.42. The molecule has 0 spiro atoms. The molecule has 2 unspecified atom stereocenters. The van der Waals surface area contributed by atoms with E-state index in [1.807, 2.05) is 31.2 Å². The maximum absolute atomic E-state index is 12.3. The van der Waals surface area contributed by atoms with Crippen LogP contribution in [0.25, 0.3) is 5.95 Å². The lowest BCUT2D eigenvalue weighted by Crippen LogP contribution is -2.36. The fourth-order valence-electron chi connectivity index (χ4n) is 2.78. The van der Waals surface area contributed by atoms with Crippen molar-refractivity contribution < 1.29 is 9.53 Å². The van der Waals surface area contributed by atoms with Gasteiger partial charge in [-0.05, 0) is 19.1 Å². The number of hydrogen-bond donors (Lipinski definition) is 2. The molecule has 8 heteroatoms. The molecule has 1 aromatic carbocycles. The Morgan fingerprint density at radius 1 is 1.20 bits per heavy atom. The van der Waals surface area contributed by atoms with Gasteiger partial charge in [0, 0.05) is 18.0 Å². The molecule has 4 rings (SSSR count). The van der Waals surface area contributed by atoms with Crippen LogP contribution in [0.1, 0.15) is 18.5 Å². The number of anilines is 1. The molecule has 8 nitrogen and oxygen atoms in total. The number of carbonyl (C=O) groups excluding carboxylic acids is 1. The van der Waals surface area contributed by atoms with Crippen LogP contribution in [-0.2, 0) is 0 Å². The molecule has 0 radical (unpaired) electrons. The van der Waals surface area contributed by atoms with Gasteiger partial charge in [0.15, 0.2) is 0 Å². The van der Waals surface area contributed by atoms with E-state index in [1.165, 1.54) is 4.68 Å². The summed E-state index contributed by atoms with van der Waals surface area (Å²) in [5.41, 5.74) is 1.52. The number of nitrogens with zero attached hydrogens (tertiary/aromatic N) is 4. The SMILES string of the molecule is CC1Oc2ccccc2C1NC(=O)Nc1cnn(-c2ncccn2)c1. The number of carbonyl (C=O) groups is 1. The molecule has 3 heterocycles. The molecule has 0 fully saturated rings. The van der Waals surface area contributed by atoms with Gasteiger partial charge in [-0.2, -0.15) is 5.10 Å². The van der Waals surface area contributed by atoms with Crippen LogP contribution in [0.4, 0.5) is 10.5 Å². The molecule has 1 aliphatic heterocycles. The van der Waals surface area contributed by atoms with Crippen LogP contribution in [0.5, 0.6) is 5.75 Å². The lowest BCUT2D eigenvalue weighted by Gasteiger charge is -2.16. The molecule has 3 aromatic rings. The minimum Gasteiger partial charge on any atom is -0.488 e. The smallest absolute Gasteiger partial charge is 0.319 e. The van der Waals surface area contributed by atoms with E-state index in [4.69, 9.17) is 4.74 Å². The average Bonchev–Trinajstić information content (AvgIpc) is 3.21. The topological polar surface area (TPSA) is 94.0 Å². The summed E-state index contributed by atoms with van der Waals surface area (Å²) in [7, 11) is 0. The van der Waals surface area contributed by atoms with Crippen molar-refractivity contribution in [2.24, 2.45) is 0 Å². The molecule has 126 valence electrons. The van der Waals surface area contributed by atoms with Crippen LogP contribution in [-0.4, -0.2) is 31.9 Å². The van der Waals surface area contributed by atoms with E-state index in [0.29, 0.717) is 11.6 Å². The van der Waals surface area contributed by atoms with Gasteiger partial charge >= 0.3 is 6.03 Å². The number of aromatic nitrogens is 4. The summed E-state index contributed by atoms with van der Waals surface area (Å²) in [5, 5.41) is 9.85. The van der Waals surface area contributed by atoms with Gasteiger partial charge in [0.2, 0.25) is 5.95 Å². The van der Waals surface area contributed by atoms with Crippen molar-refractivity contribution in [2.45, 2.75) is 19.1 Å². The first-order chi connectivity index (χ1) is 12.2. The van der Waals surface area contributed by atoms with Gasteiger partial charge in [-0.15, -0.1) is 0 Å². The van der Waals surface area contributed by atoms with E-state index < -0.39 is 0 Å². The Morgan fingerprint density at radius 3 is 2.84 bits per heavy atom. The zero-order valence-corrected chi connectivity index (χ0v) is 13.5. The summed E-state index contributed by atoms with van der Waals surface area (Å²) >= 11 is 0. The van der Waals surface area contributed by atoms with Crippen LogP contribution in [0.3, 0.4) is 0 Å². The number of fused-ring (bicyclic) bond motifs is 1. The normalized spacial score (nSPS) is 18.3. The number of para-hydroxylation sites is 1. The van der Waals surface area contributed by atoms with Gasteiger partial charge in [-0.25, -0.2) is 19.4 Å². The van der Waals surface area contributed by atoms with Crippen molar-refractivity contribution in [1.82, 2.24) is 25.1 Å². The van der Waals surface area contributed by atoms with Crippen molar-refractivity contribution in [3.63, 3.8) is 0 Å². The molecule has 0 bridgehead atoms. The van der Waals surface area contributed by atoms with E-state index >= 15 is 0 Å². The zero-order valence-electron chi connectivity index (χ0n) is 13.5. The first-order valence-electron chi connectivity index (χ1n) is 7.86. The van der Waals surface area contributed by atoms with Crippen molar-refractivity contribution in [3.8, 4) is 11.7 Å². The van der Waals surface area contributed by atoms with Crippen molar-refractivity contribution in [2.75, 3.05) is 5.32 Å². The molecule has 2 N–H and O–H groups in total. The summed E-state index contributed by atoms with van der Waals surface area (Å²) < 4.78 is 7.25. The minimum atomic E-state index is -0.328. The summed E-state index contributed by atoms with van der Waals surface area (Å²) in [6.45, 7) is 1.93. The van der Waals surface area contributed by atoms with Gasteiger partial charge in [0.1, 0.15) is 11.9 Å². The maximum Gasteiger partial charge on any atom is 0.319 e. The van der Waals surface area contributed by atoms with Crippen LogP contribution in [0.2, 0.25) is 0 Å². The molecule has 25 heavy (non-hydrogen) atoms. The van der Waals surface area contributed by atoms with Gasteiger partial charge in [-0.3, -0.25) is 0 Å². The largest absolute Gasteiger partial charge is 0.488 e. The second-order valence-corrected chi connectivity index (χ2v) is 5.66. The third-order valence-corrected chi connectivity index (χ3v) is 3.92. The third kappa shape index (κ3) is 3.01. The van der Waals surface area contributed by atoms with Crippen LogP contribution >= 0.6 is 0 Å². The number of hydrogen-bond acceptors (Lipinski definition) is 5. The molecule has 0 aliphatic carbocycles. The van der Waals surface area contributed by atoms with Gasteiger partial charge in [0.05, 0.1) is 24.1 Å². The van der Waals surface area contributed by atoms with E-state index in [0.717, 1.165) is 11.3 Å². The lowest BCUT2D eigenvalue weighted by atomic mass is 10.1. The van der Waals surface area contributed by atoms with Gasteiger partial charge in [-0.1, -0.05) is 18.2 Å². The Bertz CT molecular complexity index is 895. The number of urea groups is 1. The Labute approximate surface area is 143 Å². The Kier molecular flexibility index (Phi) is 3.77. The third-order valence-electron chi connectivity index (χ3n) is 3.92. The van der Waals surface area contributed by atoms with Gasteiger partial charge in [0.25, 0.3) is 0 Å². The highest BCUT2D eigenvalue weighted by molar-refractivity contribution is 5.89. The molecular formula is C17H16N6O2. The quantitative estimate of drug-likeness (QED) is 0.765. The molecule has 2 amide bonds. The molecule has 0 saturated carbocycles. The molecule has 2 aromatic heterocycles. The molecular weight excluding hydrogens is 320 g/mol. The predicted octanol–water partition coefficient (Wildman–Crippen LogP) is 2.31. The number of amides is 2. The molecule has 2 atom stereocenters. The molecule has 1 aliphatic rings. The van der Waals surface area contributed by atoms with Crippen LogP contribution in [0.15, 0.2) is 55.1 Å². The number of nitrogens with one attached hydrogen (secondary N) is 2. The standard InChI is InChI=1S/C17H16N6O2/c1-11-15(13-5-2-3-6-14(13)25-11)22-17(24)21-12-9-20-23(10-12)16-18-7-4-8-19-16/h2-11,15H,1H3,(H2,21,22,24). The first-order valence-corrected chi connectivity index (χ1v) is 7.86. The van der Waals surface area contributed by atoms with Crippen molar-refractivity contribution >= 4 is 11.7 Å². The lowest BCUT2D eigenvalue weighted by molar-refractivity contribution is 0.204. The summed E-state index contributed by atoms with van der Waals surface area (Å²) in [4.78, 5) is 20.5. The predicted molar refractivity (Wildman–Crippen MR) is 90.6 cm³/mol. The van der Waals surface area contributed by atoms with E-state index in [1.54, 1.807) is 30.9 Å². The number of rotatable bonds is 3. The fourth-order valence-corrected chi connectivity index (χ4v) is 2.78. The second kappa shape index (κ2) is 6.23. The zero-order chi connectivity index (χ0) is 17.2. The molecule has 0 saturated heterocycles. The monoisotopic (exact) mass is 336 g/mol. The van der Waals surface area contributed by atoms with Crippen LogP contribution < -0.4 is 15.4 Å². The Morgan fingerprint density at radius 2 is 2.00 bits per heavy atom. The van der Waals surface area contributed by atoms with E-state index in [2.05, 4.69) is 25.7 Å². The highest BCUT2D eigenvalue weighted by Crippen LogP contribution is 2.36. The van der Waals surface area contributed by atoms with E-state index in [9.17, 15) is 4.79 Å². The fraction of sp³-hybridized carbons (Fsp3) is 0.176. The average molecular weight is 336 g/mol. The summed E-state index contributed by atoms with van der Waals surface area (Å²) in [5.74, 6) is 1.23. The minimum absolute atomic E-state index is 0.136. The highest BCUT2D eigenvalue weighted by atomic mass is 16.5. The summed E-state index contributed by atoms with van der Waals surface area (Å²) in [6, 6.07) is 8.88. The van der Waals surface area contributed by atoms with Crippen molar-refractivity contribution in [3.05, 3.63) is 60.7 Å².